The van der Waals surface area contributed by atoms with E-state index in [2.05, 4.69) is 32.6 Å². The predicted molar refractivity (Wildman–Crippen MR) is 106 cm³/mol. The van der Waals surface area contributed by atoms with Gasteiger partial charge >= 0.3 is 0 Å². The molecule has 156 valence electrons. The van der Waals surface area contributed by atoms with Gasteiger partial charge in [0.2, 0.25) is 5.88 Å². The van der Waals surface area contributed by atoms with Gasteiger partial charge in [-0.2, -0.15) is 9.52 Å². The molecule has 1 saturated carbocycles. The van der Waals surface area contributed by atoms with Gasteiger partial charge in [0.15, 0.2) is 17.6 Å². The number of benzene rings is 1. The van der Waals surface area contributed by atoms with Gasteiger partial charge in [-0.05, 0) is 36.5 Å². The lowest BCUT2D eigenvalue weighted by molar-refractivity contribution is 0.153. The second kappa shape index (κ2) is 6.98. The average Bonchev–Trinajstić information content (AvgIpc) is 3.29. The fraction of sp³-hybridized carbons (Fsp3) is 0.400. The summed E-state index contributed by atoms with van der Waals surface area (Å²) < 4.78 is 35.2. The highest BCUT2D eigenvalue weighted by molar-refractivity contribution is 5.61. The van der Waals surface area contributed by atoms with Gasteiger partial charge in [-0.1, -0.05) is 13.3 Å². The number of nitrogens with one attached hydrogen (secondary N) is 1. The number of hydrazine groups is 1. The maximum Gasteiger partial charge on any atom is 0.235 e. The van der Waals surface area contributed by atoms with E-state index in [0.717, 1.165) is 30.9 Å². The van der Waals surface area contributed by atoms with E-state index in [1.807, 2.05) is 18.1 Å². The number of hydrogen-bond donors (Lipinski definition) is 1. The van der Waals surface area contributed by atoms with Crippen LogP contribution in [0.4, 0.5) is 8.78 Å². The molecule has 2 aliphatic rings. The Morgan fingerprint density at radius 2 is 2.07 bits per heavy atom. The van der Waals surface area contributed by atoms with Crippen molar-refractivity contribution in [2.75, 3.05) is 13.7 Å². The highest BCUT2D eigenvalue weighted by atomic mass is 19.1. The zero-order valence-corrected chi connectivity index (χ0v) is 16.6. The van der Waals surface area contributed by atoms with Crippen molar-refractivity contribution < 1.29 is 13.5 Å². The van der Waals surface area contributed by atoms with Crippen LogP contribution in [0.2, 0.25) is 0 Å². The van der Waals surface area contributed by atoms with Crippen LogP contribution in [0.1, 0.15) is 31.7 Å². The van der Waals surface area contributed by atoms with Crippen molar-refractivity contribution in [1.82, 2.24) is 30.2 Å². The quantitative estimate of drug-likeness (QED) is 0.693. The maximum atomic E-state index is 14.4. The first-order valence-corrected chi connectivity index (χ1v) is 9.80. The Morgan fingerprint density at radius 3 is 2.73 bits per heavy atom. The molecule has 0 bridgehead atoms. The summed E-state index contributed by atoms with van der Waals surface area (Å²) in [6.07, 6.45) is 4.63. The average molecular weight is 413 g/mol. The standard InChI is InChI=1S/C20H21F2N7O/c1-20(6-3-7-20)14-9-16-25-26-18(13-5-4-12(21)8-15(13)22)29(16)27-19(14)30-10-17-23-11-24-28(17)2/h4-5,8-9,11,17H,3,6-7,10H2,1-2H3,(H,23,24). The SMILES string of the molecule is CN1NC=NC1COc1nn2c(-c3ccc(F)cc3F)nnc2cc1C1(C)CCC1. The summed E-state index contributed by atoms with van der Waals surface area (Å²) in [4.78, 5) is 4.32. The van der Waals surface area contributed by atoms with Gasteiger partial charge in [-0.15, -0.1) is 15.3 Å². The highest BCUT2D eigenvalue weighted by Gasteiger charge is 2.38. The first kappa shape index (κ1) is 18.9. The van der Waals surface area contributed by atoms with Crippen LogP contribution < -0.4 is 10.2 Å². The second-order valence-electron chi connectivity index (χ2n) is 8.00. The topological polar surface area (TPSA) is 79.9 Å². The maximum absolute atomic E-state index is 14.4. The number of aliphatic imine (C=N–C) groups is 1. The highest BCUT2D eigenvalue weighted by Crippen LogP contribution is 2.46. The number of nitrogens with zero attached hydrogens (tertiary/aromatic N) is 6. The molecule has 1 aromatic carbocycles. The molecule has 1 aliphatic carbocycles. The van der Waals surface area contributed by atoms with E-state index >= 15 is 0 Å². The fourth-order valence-corrected chi connectivity index (χ4v) is 3.87. The van der Waals surface area contributed by atoms with Crippen molar-refractivity contribution in [1.29, 1.82) is 0 Å². The van der Waals surface area contributed by atoms with Crippen molar-refractivity contribution in [2.24, 2.45) is 4.99 Å². The van der Waals surface area contributed by atoms with Crippen molar-refractivity contribution in [3.05, 3.63) is 41.5 Å². The Labute approximate surface area is 171 Å². The van der Waals surface area contributed by atoms with Crippen LogP contribution in [-0.4, -0.2) is 51.0 Å². The summed E-state index contributed by atoms with van der Waals surface area (Å²) in [6.45, 7) is 2.47. The van der Waals surface area contributed by atoms with Gasteiger partial charge in [0, 0.05) is 18.7 Å². The zero-order chi connectivity index (χ0) is 20.9. The first-order valence-electron chi connectivity index (χ1n) is 9.80. The molecule has 0 saturated heterocycles. The van der Waals surface area contributed by atoms with Gasteiger partial charge < -0.3 is 10.2 Å². The Bertz CT molecular complexity index is 1140. The second-order valence-corrected chi connectivity index (χ2v) is 8.00. The van der Waals surface area contributed by atoms with Crippen LogP contribution in [-0.2, 0) is 5.41 Å². The summed E-state index contributed by atoms with van der Waals surface area (Å²) in [6, 6.07) is 5.23. The van der Waals surface area contributed by atoms with E-state index < -0.39 is 11.6 Å². The lowest BCUT2D eigenvalue weighted by Crippen LogP contribution is -2.38. The molecule has 3 heterocycles. The Kier molecular flexibility index (Phi) is 4.39. The van der Waals surface area contributed by atoms with E-state index in [4.69, 9.17) is 4.74 Å². The summed E-state index contributed by atoms with van der Waals surface area (Å²) in [7, 11) is 1.88. The lowest BCUT2D eigenvalue weighted by atomic mass is 9.66. The Hall–Kier alpha value is -3.14. The molecule has 0 amide bonds. The molecule has 3 aromatic rings. The predicted octanol–water partition coefficient (Wildman–Crippen LogP) is 2.69. The van der Waals surface area contributed by atoms with Crippen molar-refractivity contribution in [3.8, 4) is 17.3 Å². The van der Waals surface area contributed by atoms with Crippen LogP contribution >= 0.6 is 0 Å². The largest absolute Gasteiger partial charge is 0.473 e. The number of aromatic nitrogens is 4. The molecule has 1 unspecified atom stereocenters. The molecule has 2 aromatic heterocycles. The Morgan fingerprint density at radius 1 is 1.23 bits per heavy atom. The minimum Gasteiger partial charge on any atom is -0.473 e. The number of likely N-dealkylation sites (N-methyl/N-ethyl adjacent to an activating group) is 1. The molecule has 0 radical (unpaired) electrons. The molecular weight excluding hydrogens is 392 g/mol. The summed E-state index contributed by atoms with van der Waals surface area (Å²) in [5.74, 6) is -0.743. The normalized spacial score (nSPS) is 20.3. The van der Waals surface area contributed by atoms with Gasteiger partial charge in [0.1, 0.15) is 18.2 Å². The summed E-state index contributed by atoms with van der Waals surface area (Å²) in [5.41, 5.74) is 4.49. The Balaban J connectivity index is 1.58. The van der Waals surface area contributed by atoms with Crippen LogP contribution in [0.25, 0.3) is 17.0 Å². The molecular formula is C20H21F2N7O. The summed E-state index contributed by atoms with van der Waals surface area (Å²) in [5, 5.41) is 14.7. The molecule has 5 rings (SSSR count). The molecule has 30 heavy (non-hydrogen) atoms. The lowest BCUT2D eigenvalue weighted by Gasteiger charge is -2.39. The van der Waals surface area contributed by atoms with Gasteiger partial charge in [-0.25, -0.2) is 8.78 Å². The van der Waals surface area contributed by atoms with Crippen molar-refractivity contribution >= 4 is 12.0 Å². The summed E-state index contributed by atoms with van der Waals surface area (Å²) >= 11 is 0. The first-order chi connectivity index (χ1) is 14.4. The van der Waals surface area contributed by atoms with E-state index in [-0.39, 0.29) is 23.0 Å². The number of ether oxygens (including phenoxy) is 1. The van der Waals surface area contributed by atoms with Crippen molar-refractivity contribution in [3.63, 3.8) is 0 Å². The molecule has 1 atom stereocenters. The fourth-order valence-electron chi connectivity index (χ4n) is 3.87. The van der Waals surface area contributed by atoms with Crippen LogP contribution in [0, 0.1) is 11.6 Å². The van der Waals surface area contributed by atoms with E-state index in [9.17, 15) is 8.78 Å². The van der Waals surface area contributed by atoms with E-state index in [1.165, 1.54) is 16.6 Å². The minimum atomic E-state index is -0.725. The van der Waals surface area contributed by atoms with E-state index in [1.54, 1.807) is 6.34 Å². The van der Waals surface area contributed by atoms with Crippen LogP contribution in [0.15, 0.2) is 29.3 Å². The van der Waals surface area contributed by atoms with Crippen molar-refractivity contribution in [2.45, 2.75) is 37.8 Å². The zero-order valence-electron chi connectivity index (χ0n) is 16.6. The van der Waals surface area contributed by atoms with Gasteiger partial charge in [-0.3, -0.25) is 4.99 Å². The third-order valence-corrected chi connectivity index (χ3v) is 5.96. The monoisotopic (exact) mass is 413 g/mol. The molecule has 1 fully saturated rings. The number of hydrogen-bond acceptors (Lipinski definition) is 7. The molecule has 1 N–H and O–H groups in total. The van der Waals surface area contributed by atoms with Gasteiger partial charge in [0.05, 0.1) is 11.9 Å². The van der Waals surface area contributed by atoms with E-state index in [0.29, 0.717) is 18.1 Å². The molecule has 0 spiro atoms. The number of rotatable bonds is 5. The third-order valence-electron chi connectivity index (χ3n) is 5.96. The van der Waals surface area contributed by atoms with Crippen LogP contribution in [0.3, 0.4) is 0 Å². The van der Waals surface area contributed by atoms with Gasteiger partial charge in [0.25, 0.3) is 0 Å². The molecule has 8 nitrogen and oxygen atoms in total. The van der Waals surface area contributed by atoms with Crippen LogP contribution in [0.5, 0.6) is 5.88 Å². The smallest absolute Gasteiger partial charge is 0.235 e. The third kappa shape index (κ3) is 3.07. The number of halogens is 2. The minimum absolute atomic E-state index is 0.0551. The number of fused-ring (bicyclic) bond motifs is 1. The molecule has 10 heteroatoms. The molecule has 1 aliphatic heterocycles.